The van der Waals surface area contributed by atoms with Gasteiger partial charge in [-0.3, -0.25) is 4.79 Å². The predicted octanol–water partition coefficient (Wildman–Crippen LogP) is 3.35. The van der Waals surface area contributed by atoms with Gasteiger partial charge in [0.1, 0.15) is 18.9 Å². The highest BCUT2D eigenvalue weighted by Gasteiger charge is 2.32. The van der Waals surface area contributed by atoms with E-state index in [2.05, 4.69) is 15.0 Å². The van der Waals surface area contributed by atoms with E-state index in [9.17, 15) is 4.79 Å². The number of aromatic nitrogens is 3. The van der Waals surface area contributed by atoms with Gasteiger partial charge in [-0.1, -0.05) is 6.07 Å². The molecule has 2 aliphatic heterocycles. The van der Waals surface area contributed by atoms with E-state index in [-0.39, 0.29) is 11.9 Å². The third-order valence-electron chi connectivity index (χ3n) is 4.95. The summed E-state index contributed by atoms with van der Waals surface area (Å²) >= 11 is 1.39. The first kappa shape index (κ1) is 17.1. The maximum atomic E-state index is 13.1. The number of thiazole rings is 1. The van der Waals surface area contributed by atoms with Crippen LogP contribution in [0.25, 0.3) is 10.8 Å². The van der Waals surface area contributed by atoms with E-state index in [1.165, 1.54) is 11.3 Å². The van der Waals surface area contributed by atoms with Crippen molar-refractivity contribution in [2.75, 3.05) is 19.8 Å². The lowest BCUT2D eigenvalue weighted by Crippen LogP contribution is -2.31. The van der Waals surface area contributed by atoms with E-state index in [4.69, 9.17) is 9.47 Å². The van der Waals surface area contributed by atoms with Crippen molar-refractivity contribution >= 4 is 17.2 Å². The standard InChI is InChI=1S/C20H18N4O3S/c25-20(14-12-28-19(23-14)18-21-6-2-7-22-18)24-8-1-3-15(24)13-4-5-16-17(11-13)27-10-9-26-16/h2,4-7,11-12,15H,1,3,8-10H2. The molecule has 2 aliphatic rings. The van der Waals surface area contributed by atoms with E-state index in [1.807, 2.05) is 23.1 Å². The van der Waals surface area contributed by atoms with Crippen LogP contribution >= 0.6 is 11.3 Å². The molecule has 0 spiro atoms. The number of likely N-dealkylation sites (tertiary alicyclic amines) is 1. The van der Waals surface area contributed by atoms with Crippen LogP contribution in [-0.2, 0) is 0 Å². The fourth-order valence-electron chi connectivity index (χ4n) is 3.65. The van der Waals surface area contributed by atoms with Crippen LogP contribution in [0.2, 0.25) is 0 Å². The maximum Gasteiger partial charge on any atom is 0.273 e. The molecule has 4 heterocycles. The molecule has 5 rings (SSSR count). The monoisotopic (exact) mass is 394 g/mol. The number of amides is 1. The van der Waals surface area contributed by atoms with Gasteiger partial charge in [-0.05, 0) is 36.6 Å². The van der Waals surface area contributed by atoms with Gasteiger partial charge in [0.25, 0.3) is 5.91 Å². The number of benzene rings is 1. The van der Waals surface area contributed by atoms with Crippen LogP contribution in [0, 0.1) is 0 Å². The number of hydrogen-bond donors (Lipinski definition) is 0. The number of carbonyl (C=O) groups excluding carboxylic acids is 1. The molecule has 142 valence electrons. The Hall–Kier alpha value is -3.00. The largest absolute Gasteiger partial charge is 0.486 e. The van der Waals surface area contributed by atoms with Crippen molar-refractivity contribution in [2.24, 2.45) is 0 Å². The highest BCUT2D eigenvalue weighted by atomic mass is 32.1. The molecule has 8 heteroatoms. The molecular weight excluding hydrogens is 376 g/mol. The summed E-state index contributed by atoms with van der Waals surface area (Å²) < 4.78 is 11.3. The molecule has 0 N–H and O–H groups in total. The zero-order valence-corrected chi connectivity index (χ0v) is 15.9. The number of fused-ring (bicyclic) bond motifs is 1. The molecular formula is C20H18N4O3S. The first-order valence-electron chi connectivity index (χ1n) is 9.23. The molecule has 1 aromatic carbocycles. The SMILES string of the molecule is O=C(c1csc(-c2ncccn2)n1)N1CCCC1c1ccc2c(c1)OCCO2. The van der Waals surface area contributed by atoms with Crippen LogP contribution in [0.3, 0.4) is 0 Å². The maximum absolute atomic E-state index is 13.1. The fourth-order valence-corrected chi connectivity index (χ4v) is 4.39. The summed E-state index contributed by atoms with van der Waals surface area (Å²) in [5.74, 6) is 1.99. The van der Waals surface area contributed by atoms with Crippen molar-refractivity contribution in [3.05, 3.63) is 53.3 Å². The summed E-state index contributed by atoms with van der Waals surface area (Å²) in [6, 6.07) is 7.72. The van der Waals surface area contributed by atoms with E-state index in [1.54, 1.807) is 23.8 Å². The smallest absolute Gasteiger partial charge is 0.273 e. The summed E-state index contributed by atoms with van der Waals surface area (Å²) in [6.07, 6.45) is 5.22. The summed E-state index contributed by atoms with van der Waals surface area (Å²) in [6.45, 7) is 1.83. The van der Waals surface area contributed by atoms with Gasteiger partial charge in [0.2, 0.25) is 0 Å². The Balaban J connectivity index is 1.40. The summed E-state index contributed by atoms with van der Waals surface area (Å²) in [7, 11) is 0. The Morgan fingerprint density at radius 1 is 1.14 bits per heavy atom. The zero-order chi connectivity index (χ0) is 18.9. The van der Waals surface area contributed by atoms with Crippen molar-refractivity contribution in [2.45, 2.75) is 18.9 Å². The van der Waals surface area contributed by atoms with Gasteiger partial charge in [-0.2, -0.15) is 0 Å². The Morgan fingerprint density at radius 2 is 1.96 bits per heavy atom. The molecule has 1 saturated heterocycles. The second kappa shape index (κ2) is 7.20. The van der Waals surface area contributed by atoms with Crippen molar-refractivity contribution in [3.63, 3.8) is 0 Å². The summed E-state index contributed by atoms with van der Waals surface area (Å²) in [5, 5.41) is 2.44. The molecule has 2 aromatic heterocycles. The molecule has 1 unspecified atom stereocenters. The average molecular weight is 394 g/mol. The molecule has 0 bridgehead atoms. The summed E-state index contributed by atoms with van der Waals surface area (Å²) in [4.78, 5) is 27.9. The minimum absolute atomic E-state index is 0.0152. The third kappa shape index (κ3) is 3.09. The van der Waals surface area contributed by atoms with Gasteiger partial charge in [0.05, 0.1) is 6.04 Å². The van der Waals surface area contributed by atoms with E-state index >= 15 is 0 Å². The Bertz CT molecular complexity index is 1010. The lowest BCUT2D eigenvalue weighted by molar-refractivity contribution is 0.0730. The normalized spacial score (nSPS) is 18.3. The van der Waals surface area contributed by atoms with Gasteiger partial charge in [0.15, 0.2) is 22.3 Å². The van der Waals surface area contributed by atoms with Gasteiger partial charge in [0, 0.05) is 24.3 Å². The van der Waals surface area contributed by atoms with Crippen LogP contribution in [0.1, 0.15) is 34.9 Å². The van der Waals surface area contributed by atoms with Crippen LogP contribution in [-0.4, -0.2) is 45.5 Å². The number of hydrogen-bond acceptors (Lipinski definition) is 7. The van der Waals surface area contributed by atoms with Crippen LogP contribution in [0.5, 0.6) is 11.5 Å². The van der Waals surface area contributed by atoms with E-state index in [0.29, 0.717) is 36.3 Å². The molecule has 1 fully saturated rings. The highest BCUT2D eigenvalue weighted by molar-refractivity contribution is 7.13. The van der Waals surface area contributed by atoms with E-state index < -0.39 is 0 Å². The van der Waals surface area contributed by atoms with Crippen LogP contribution in [0.4, 0.5) is 0 Å². The van der Waals surface area contributed by atoms with Crippen LogP contribution in [0.15, 0.2) is 42.0 Å². The number of rotatable bonds is 3. The van der Waals surface area contributed by atoms with Gasteiger partial charge in [-0.25, -0.2) is 15.0 Å². The van der Waals surface area contributed by atoms with Crippen molar-refractivity contribution in [3.8, 4) is 22.3 Å². The lowest BCUT2D eigenvalue weighted by atomic mass is 10.0. The molecule has 0 saturated carbocycles. The van der Waals surface area contributed by atoms with Crippen LogP contribution < -0.4 is 9.47 Å². The van der Waals surface area contributed by atoms with Gasteiger partial charge >= 0.3 is 0 Å². The highest BCUT2D eigenvalue weighted by Crippen LogP contribution is 2.38. The Kier molecular flexibility index (Phi) is 4.40. The molecule has 1 atom stereocenters. The Labute approximate surface area is 166 Å². The first-order valence-corrected chi connectivity index (χ1v) is 10.1. The molecule has 1 amide bonds. The van der Waals surface area contributed by atoms with Crippen molar-refractivity contribution in [1.29, 1.82) is 0 Å². The Morgan fingerprint density at radius 3 is 2.82 bits per heavy atom. The quantitative estimate of drug-likeness (QED) is 0.678. The molecule has 0 radical (unpaired) electrons. The minimum atomic E-state index is -0.0594. The lowest BCUT2D eigenvalue weighted by Gasteiger charge is -2.26. The second-order valence-electron chi connectivity index (χ2n) is 6.67. The third-order valence-corrected chi connectivity index (χ3v) is 5.78. The summed E-state index contributed by atoms with van der Waals surface area (Å²) in [5.41, 5.74) is 1.51. The second-order valence-corrected chi connectivity index (χ2v) is 7.53. The zero-order valence-electron chi connectivity index (χ0n) is 15.1. The minimum Gasteiger partial charge on any atom is -0.486 e. The van der Waals surface area contributed by atoms with Crippen molar-refractivity contribution in [1.82, 2.24) is 19.9 Å². The number of nitrogens with zero attached hydrogens (tertiary/aromatic N) is 4. The number of ether oxygens (including phenoxy) is 2. The molecule has 28 heavy (non-hydrogen) atoms. The van der Waals surface area contributed by atoms with E-state index in [0.717, 1.165) is 29.9 Å². The molecule has 7 nitrogen and oxygen atoms in total. The molecule has 0 aliphatic carbocycles. The average Bonchev–Trinajstić information content (AvgIpc) is 3.44. The van der Waals surface area contributed by atoms with Gasteiger partial charge in [-0.15, -0.1) is 11.3 Å². The van der Waals surface area contributed by atoms with Crippen molar-refractivity contribution < 1.29 is 14.3 Å². The number of carbonyl (C=O) groups is 1. The topological polar surface area (TPSA) is 77.4 Å². The fraction of sp³-hybridized carbons (Fsp3) is 0.300. The van der Waals surface area contributed by atoms with Gasteiger partial charge < -0.3 is 14.4 Å². The molecule has 3 aromatic rings. The predicted molar refractivity (Wildman–Crippen MR) is 104 cm³/mol. The first-order chi connectivity index (χ1) is 13.8.